The molecule has 0 saturated carbocycles. The fraction of sp³-hybridized carbons (Fsp3) is 0.722. The van der Waals surface area contributed by atoms with Gasteiger partial charge in [0, 0.05) is 44.3 Å². The van der Waals surface area contributed by atoms with Gasteiger partial charge in [-0.05, 0) is 26.0 Å². The van der Waals surface area contributed by atoms with E-state index in [9.17, 15) is 4.79 Å². The highest BCUT2D eigenvalue weighted by Gasteiger charge is 2.35. The monoisotopic (exact) mass is 331 g/mol. The van der Waals surface area contributed by atoms with Crippen LogP contribution >= 0.6 is 0 Å². The first-order chi connectivity index (χ1) is 11.4. The van der Waals surface area contributed by atoms with Crippen LogP contribution in [0.1, 0.15) is 39.4 Å². The quantitative estimate of drug-likeness (QED) is 0.822. The molecule has 2 aliphatic heterocycles. The molecule has 1 atom stereocenters. The Morgan fingerprint density at radius 1 is 1.17 bits per heavy atom. The van der Waals surface area contributed by atoms with Crippen LogP contribution in [-0.2, 0) is 10.2 Å². The lowest BCUT2D eigenvalue weighted by Crippen LogP contribution is -2.53. The van der Waals surface area contributed by atoms with E-state index in [1.54, 1.807) is 0 Å². The Kier molecular flexibility index (Phi) is 4.76. The van der Waals surface area contributed by atoms with Crippen LogP contribution in [0.2, 0.25) is 0 Å². The zero-order valence-corrected chi connectivity index (χ0v) is 15.3. The maximum atomic E-state index is 13.0. The smallest absolute Gasteiger partial charge is 0.245 e. The molecule has 1 amide bonds. The van der Waals surface area contributed by atoms with Crippen molar-refractivity contribution in [1.29, 1.82) is 0 Å². The molecule has 2 fully saturated rings. The molecule has 3 rings (SSSR count). The highest BCUT2D eigenvalue weighted by atomic mass is 16.2. The second kappa shape index (κ2) is 6.67. The van der Waals surface area contributed by atoms with Gasteiger partial charge in [0.2, 0.25) is 5.91 Å². The molecule has 0 unspecified atom stereocenters. The lowest BCUT2D eigenvalue weighted by atomic mass is 9.96. The molecule has 132 valence electrons. The van der Waals surface area contributed by atoms with Crippen molar-refractivity contribution >= 4 is 11.7 Å². The molecule has 1 aromatic rings. The summed E-state index contributed by atoms with van der Waals surface area (Å²) < 4.78 is 0. The first-order valence-electron chi connectivity index (χ1n) is 8.94. The summed E-state index contributed by atoms with van der Waals surface area (Å²) in [7, 11) is 2.11. The van der Waals surface area contributed by atoms with E-state index in [1.165, 1.54) is 0 Å². The van der Waals surface area contributed by atoms with Gasteiger partial charge in [0.1, 0.15) is 17.7 Å². The van der Waals surface area contributed by atoms with Crippen molar-refractivity contribution in [1.82, 2.24) is 19.8 Å². The van der Waals surface area contributed by atoms with Gasteiger partial charge in [-0.1, -0.05) is 20.8 Å². The highest BCUT2D eigenvalue weighted by molar-refractivity contribution is 5.85. The van der Waals surface area contributed by atoms with Crippen molar-refractivity contribution in [2.75, 3.05) is 44.7 Å². The Labute approximate surface area is 144 Å². The Hall–Kier alpha value is -1.69. The Balaban J connectivity index is 1.77. The number of likely N-dealkylation sites (N-methyl/N-ethyl adjacent to an activating group) is 1. The third-order valence-electron chi connectivity index (χ3n) is 4.96. The van der Waals surface area contributed by atoms with E-state index in [-0.39, 0.29) is 17.4 Å². The zero-order chi connectivity index (χ0) is 17.3. The SMILES string of the molecule is CN1CCN(C(=O)[C@H]2CCCN2c2ccnc(C(C)(C)C)n2)CC1. The molecule has 1 aromatic heterocycles. The van der Waals surface area contributed by atoms with Crippen molar-refractivity contribution in [2.24, 2.45) is 0 Å². The number of piperazine rings is 1. The third-order valence-corrected chi connectivity index (χ3v) is 4.96. The topological polar surface area (TPSA) is 52.6 Å². The largest absolute Gasteiger partial charge is 0.344 e. The van der Waals surface area contributed by atoms with Gasteiger partial charge in [0.25, 0.3) is 0 Å². The minimum atomic E-state index is -0.0906. The fourth-order valence-electron chi connectivity index (χ4n) is 3.41. The Morgan fingerprint density at radius 3 is 2.54 bits per heavy atom. The number of amides is 1. The number of carbonyl (C=O) groups is 1. The zero-order valence-electron chi connectivity index (χ0n) is 15.3. The van der Waals surface area contributed by atoms with Crippen LogP contribution in [0.15, 0.2) is 12.3 Å². The van der Waals surface area contributed by atoms with Gasteiger partial charge < -0.3 is 14.7 Å². The summed E-state index contributed by atoms with van der Waals surface area (Å²) in [5.41, 5.74) is -0.0906. The van der Waals surface area contributed by atoms with E-state index >= 15 is 0 Å². The molecule has 0 spiro atoms. The van der Waals surface area contributed by atoms with Gasteiger partial charge >= 0.3 is 0 Å². The van der Waals surface area contributed by atoms with Crippen LogP contribution in [0.25, 0.3) is 0 Å². The van der Waals surface area contributed by atoms with Crippen molar-refractivity contribution in [3.05, 3.63) is 18.1 Å². The van der Waals surface area contributed by atoms with Crippen LogP contribution in [0.4, 0.5) is 5.82 Å². The molecule has 0 N–H and O–H groups in total. The maximum absolute atomic E-state index is 13.0. The van der Waals surface area contributed by atoms with Gasteiger partial charge in [-0.25, -0.2) is 9.97 Å². The lowest BCUT2D eigenvalue weighted by molar-refractivity contribution is -0.134. The summed E-state index contributed by atoms with van der Waals surface area (Å²) in [5.74, 6) is 1.98. The molecule has 3 heterocycles. The number of hydrogen-bond acceptors (Lipinski definition) is 5. The molecule has 2 aliphatic rings. The van der Waals surface area contributed by atoms with Crippen molar-refractivity contribution in [2.45, 2.75) is 45.1 Å². The molecule has 6 heteroatoms. The Morgan fingerprint density at radius 2 is 1.88 bits per heavy atom. The van der Waals surface area contributed by atoms with Crippen molar-refractivity contribution in [3.8, 4) is 0 Å². The average Bonchev–Trinajstić information content (AvgIpc) is 3.04. The number of carbonyl (C=O) groups excluding carboxylic acids is 1. The molecule has 0 radical (unpaired) electrons. The van der Waals surface area contributed by atoms with Gasteiger partial charge in [-0.3, -0.25) is 4.79 Å². The highest BCUT2D eigenvalue weighted by Crippen LogP contribution is 2.27. The summed E-state index contributed by atoms with van der Waals surface area (Å²) in [6.45, 7) is 10.8. The predicted molar refractivity (Wildman–Crippen MR) is 95.2 cm³/mol. The summed E-state index contributed by atoms with van der Waals surface area (Å²) >= 11 is 0. The minimum Gasteiger partial charge on any atom is -0.344 e. The number of anilines is 1. The normalized spacial score (nSPS) is 22.9. The number of nitrogens with zero attached hydrogens (tertiary/aromatic N) is 5. The van der Waals surface area contributed by atoms with Crippen molar-refractivity contribution in [3.63, 3.8) is 0 Å². The van der Waals surface area contributed by atoms with E-state index in [1.807, 2.05) is 17.2 Å². The van der Waals surface area contributed by atoms with E-state index < -0.39 is 0 Å². The molecule has 24 heavy (non-hydrogen) atoms. The van der Waals surface area contributed by atoms with E-state index in [0.29, 0.717) is 0 Å². The second-order valence-electron chi connectivity index (χ2n) is 7.97. The summed E-state index contributed by atoms with van der Waals surface area (Å²) in [6.07, 6.45) is 3.78. The van der Waals surface area contributed by atoms with Crippen LogP contribution in [0.3, 0.4) is 0 Å². The summed E-state index contributed by atoms with van der Waals surface area (Å²) in [6, 6.07) is 1.86. The lowest BCUT2D eigenvalue weighted by Gasteiger charge is -2.36. The van der Waals surface area contributed by atoms with Crippen LogP contribution in [-0.4, -0.2) is 71.5 Å². The van der Waals surface area contributed by atoms with Gasteiger partial charge in [-0.15, -0.1) is 0 Å². The standard InChI is InChI=1S/C18H29N5O/c1-18(2,3)17-19-8-7-15(20-17)23-9-5-6-14(23)16(24)22-12-10-21(4)11-13-22/h7-8,14H,5-6,9-13H2,1-4H3/t14-/m1/s1. The maximum Gasteiger partial charge on any atom is 0.245 e. The Bertz CT molecular complexity index is 589. The van der Waals surface area contributed by atoms with Gasteiger partial charge in [0.05, 0.1) is 0 Å². The van der Waals surface area contributed by atoms with Crippen LogP contribution in [0, 0.1) is 0 Å². The second-order valence-corrected chi connectivity index (χ2v) is 7.97. The predicted octanol–water partition coefficient (Wildman–Crippen LogP) is 1.52. The number of hydrogen-bond donors (Lipinski definition) is 0. The van der Waals surface area contributed by atoms with E-state index in [0.717, 1.165) is 57.2 Å². The molecule has 0 aliphatic carbocycles. The van der Waals surface area contributed by atoms with E-state index in [2.05, 4.69) is 42.6 Å². The number of rotatable bonds is 2. The molecule has 0 aromatic carbocycles. The van der Waals surface area contributed by atoms with E-state index in [4.69, 9.17) is 4.98 Å². The summed E-state index contributed by atoms with van der Waals surface area (Å²) in [5, 5.41) is 0. The number of aromatic nitrogens is 2. The molecule has 0 bridgehead atoms. The van der Waals surface area contributed by atoms with Crippen molar-refractivity contribution < 1.29 is 4.79 Å². The molecular formula is C18H29N5O. The van der Waals surface area contributed by atoms with Crippen LogP contribution < -0.4 is 4.90 Å². The van der Waals surface area contributed by atoms with Gasteiger partial charge in [-0.2, -0.15) is 0 Å². The molecule has 2 saturated heterocycles. The molecule has 6 nitrogen and oxygen atoms in total. The first-order valence-corrected chi connectivity index (χ1v) is 8.94. The fourth-order valence-corrected chi connectivity index (χ4v) is 3.41. The molecular weight excluding hydrogens is 302 g/mol. The third kappa shape index (κ3) is 3.53. The first kappa shape index (κ1) is 17.1. The van der Waals surface area contributed by atoms with Gasteiger partial charge in [0.15, 0.2) is 0 Å². The minimum absolute atomic E-state index is 0.0730. The average molecular weight is 331 g/mol. The summed E-state index contributed by atoms with van der Waals surface area (Å²) in [4.78, 5) is 28.6. The van der Waals surface area contributed by atoms with Crippen LogP contribution in [0.5, 0.6) is 0 Å².